The van der Waals surface area contributed by atoms with E-state index < -0.39 is 95.1 Å². The highest BCUT2D eigenvalue weighted by atomic mass is 35.5. The number of carboxylic acids is 1. The Morgan fingerprint density at radius 3 is 2.22 bits per heavy atom. The first-order chi connectivity index (χ1) is 29.7. The summed E-state index contributed by atoms with van der Waals surface area (Å²) in [7, 11) is 0. The fraction of sp³-hybridized carbons (Fsp3) is 0.898. The summed E-state index contributed by atoms with van der Waals surface area (Å²) in [6.07, 6.45) is 9.28. The number of hydrogen-bond acceptors (Lipinski definition) is 11. The molecule has 5 aliphatic rings. The second-order valence-corrected chi connectivity index (χ2v) is 20.7. The number of aliphatic hydroxyl groups excluding tert-OH is 1. The van der Waals surface area contributed by atoms with Crippen molar-refractivity contribution < 1.29 is 58.1 Å². The van der Waals surface area contributed by atoms with Crippen LogP contribution in [0.15, 0.2) is 12.2 Å². The molecule has 14 heteroatoms. The molecule has 0 aromatic rings. The summed E-state index contributed by atoms with van der Waals surface area (Å²) in [4.78, 5) is 40.1. The van der Waals surface area contributed by atoms with Gasteiger partial charge in [-0.2, -0.15) is 0 Å². The molecule has 5 heterocycles. The van der Waals surface area contributed by atoms with Gasteiger partial charge in [-0.25, -0.2) is 4.79 Å². The van der Waals surface area contributed by atoms with E-state index in [2.05, 4.69) is 26.1 Å². The summed E-state index contributed by atoms with van der Waals surface area (Å²) >= 11 is 5.83. The number of unbranched alkanes of at least 4 members (excludes halogenated alkanes) is 3. The number of aliphatic hydroxyl groups is 2. The van der Waals surface area contributed by atoms with Gasteiger partial charge in [-0.3, -0.25) is 9.59 Å². The molecule has 4 N–H and O–H groups in total. The summed E-state index contributed by atoms with van der Waals surface area (Å²) in [6.45, 7) is 19.9. The van der Waals surface area contributed by atoms with E-state index in [9.17, 15) is 29.7 Å². The average Bonchev–Trinajstić information content (AvgIpc) is 3.59. The molecule has 1 unspecified atom stereocenters. The lowest BCUT2D eigenvalue weighted by Gasteiger charge is -2.55. The molecular weight excluding hydrogens is 830 g/mol. The summed E-state index contributed by atoms with van der Waals surface area (Å²) < 4.78 is 40.1. The van der Waals surface area contributed by atoms with E-state index in [-0.39, 0.29) is 36.2 Å². The SMILES string of the molecule is CCC(C(=O)[C@@H](C)[C@@H](O)[C@H](C)[C@@H]1O[C@@H]([C@@H](CC)C(=O)O)CC[C@@H]1C)[C@H]1O[C@]2(C=C[C@@H](NC(=O)OCCCCCCCl)[C@]3(CC[C@@](C)([C@H]4CC[C@](O)(CC)[C@H](C)O4)O3)O2)[C@H](C)C[C@@H]1C. The predicted octanol–water partition coefficient (Wildman–Crippen LogP) is 8.72. The van der Waals surface area contributed by atoms with Gasteiger partial charge in [0.25, 0.3) is 0 Å². The fourth-order valence-electron chi connectivity index (χ4n) is 11.6. The summed E-state index contributed by atoms with van der Waals surface area (Å²) in [5.41, 5.74) is -1.74. The van der Waals surface area contributed by atoms with Crippen LogP contribution in [0.5, 0.6) is 0 Å². The van der Waals surface area contributed by atoms with Crippen molar-refractivity contribution in [3.05, 3.63) is 12.2 Å². The van der Waals surface area contributed by atoms with E-state index in [1.165, 1.54) is 0 Å². The van der Waals surface area contributed by atoms with Crippen molar-refractivity contribution in [3.8, 4) is 0 Å². The number of carbonyl (C=O) groups is 3. The lowest BCUT2D eigenvalue weighted by molar-refractivity contribution is -0.398. The van der Waals surface area contributed by atoms with Gasteiger partial charge in [0.05, 0.1) is 60.4 Å². The minimum atomic E-state index is -1.37. The molecule has 5 aliphatic heterocycles. The van der Waals surface area contributed by atoms with E-state index in [1.807, 2.05) is 53.7 Å². The Morgan fingerprint density at radius 1 is 0.889 bits per heavy atom. The van der Waals surface area contributed by atoms with Gasteiger partial charge < -0.3 is 49.1 Å². The molecule has 0 aliphatic carbocycles. The van der Waals surface area contributed by atoms with Gasteiger partial charge >= 0.3 is 12.1 Å². The minimum Gasteiger partial charge on any atom is -0.481 e. The van der Waals surface area contributed by atoms with Gasteiger partial charge in [0.15, 0.2) is 11.6 Å². The number of amides is 1. The largest absolute Gasteiger partial charge is 0.481 e. The number of ether oxygens (including phenoxy) is 6. The molecule has 2 spiro atoms. The van der Waals surface area contributed by atoms with Crippen molar-refractivity contribution >= 4 is 29.4 Å². The van der Waals surface area contributed by atoms with Crippen LogP contribution in [0, 0.1) is 41.4 Å². The van der Waals surface area contributed by atoms with Crippen molar-refractivity contribution in [2.75, 3.05) is 12.5 Å². The maximum absolute atomic E-state index is 14.7. The molecule has 362 valence electrons. The summed E-state index contributed by atoms with van der Waals surface area (Å²) in [5, 5.41) is 36.0. The van der Waals surface area contributed by atoms with E-state index >= 15 is 0 Å². The van der Waals surface area contributed by atoms with Crippen molar-refractivity contribution in [2.45, 2.75) is 225 Å². The second-order valence-electron chi connectivity index (χ2n) is 20.3. The normalized spacial score (nSPS) is 40.6. The van der Waals surface area contributed by atoms with Crippen LogP contribution in [0.4, 0.5) is 4.79 Å². The van der Waals surface area contributed by atoms with Gasteiger partial charge in [-0.15, -0.1) is 11.6 Å². The topological polar surface area (TPSA) is 179 Å². The van der Waals surface area contributed by atoms with E-state index in [0.29, 0.717) is 63.7 Å². The smallest absolute Gasteiger partial charge is 0.407 e. The molecular formula is C49H82ClNO12. The maximum atomic E-state index is 14.7. The molecule has 0 bridgehead atoms. The van der Waals surface area contributed by atoms with Crippen LogP contribution in [0.25, 0.3) is 0 Å². The third-order valence-corrected chi connectivity index (χ3v) is 16.3. The third-order valence-electron chi connectivity index (χ3n) is 16.0. The predicted molar refractivity (Wildman–Crippen MR) is 240 cm³/mol. The van der Waals surface area contributed by atoms with Gasteiger partial charge in [0.1, 0.15) is 11.8 Å². The quantitative estimate of drug-likeness (QED) is 0.0551. The first kappa shape index (κ1) is 52.1. The van der Waals surface area contributed by atoms with Crippen molar-refractivity contribution in [1.82, 2.24) is 5.32 Å². The molecule has 63 heavy (non-hydrogen) atoms. The van der Waals surface area contributed by atoms with E-state index in [1.54, 1.807) is 6.92 Å². The summed E-state index contributed by atoms with van der Waals surface area (Å²) in [6, 6.07) is -0.733. The van der Waals surface area contributed by atoms with Crippen LogP contribution in [-0.2, 0) is 38.0 Å². The highest BCUT2D eigenvalue weighted by molar-refractivity contribution is 6.17. The zero-order chi connectivity index (χ0) is 46.5. The van der Waals surface area contributed by atoms with Gasteiger partial charge in [0.2, 0.25) is 0 Å². The van der Waals surface area contributed by atoms with Crippen LogP contribution in [-0.4, -0.2) is 111 Å². The maximum Gasteiger partial charge on any atom is 0.407 e. The zero-order valence-corrected chi connectivity index (χ0v) is 40.7. The second kappa shape index (κ2) is 21.9. The number of Topliss-reactive ketones (excluding diaryl/α,β-unsaturated/α-hetero) is 1. The molecule has 0 aromatic carbocycles. The number of carboxylic acid groups (broad SMARTS) is 1. The average molecular weight is 913 g/mol. The van der Waals surface area contributed by atoms with Gasteiger partial charge in [-0.1, -0.05) is 74.3 Å². The Labute approximate surface area is 382 Å². The number of alkyl carbamates (subject to hydrolysis) is 1. The summed E-state index contributed by atoms with van der Waals surface area (Å²) in [5.74, 6) is -5.51. The Balaban J connectivity index is 1.37. The minimum absolute atomic E-state index is 0.0295. The van der Waals surface area contributed by atoms with Gasteiger partial charge in [-0.05, 0) is 102 Å². The lowest BCUT2D eigenvalue weighted by Crippen LogP contribution is -2.65. The first-order valence-electron chi connectivity index (χ1n) is 24.5. The molecule has 4 saturated heterocycles. The molecule has 4 fully saturated rings. The number of halogens is 1. The number of rotatable bonds is 19. The highest BCUT2D eigenvalue weighted by Gasteiger charge is 2.63. The van der Waals surface area contributed by atoms with Crippen molar-refractivity contribution in [2.24, 2.45) is 41.4 Å². The molecule has 0 radical (unpaired) electrons. The standard InChI is InChI=1S/C49H82ClNO12/c1-11-35(44(54)55)37-19-18-29(4)42(60-37)33(8)40(52)32(7)41(53)36(12-2)43-30(5)28-31(6)48(61-43)23-20-38(51-45(56)58-27-17-15-14-16-26-50)49(63-48)25-24-46(10,62-49)39-21-22-47(57,13-3)34(9)59-39/h20,23,29-40,42-43,52,57H,11-19,21-22,24-28H2,1-10H3,(H,51,56)(H,54,55)/t29-,30-,31+,32-,33-,34-,35+,36?,37+,38+,39+,40+,42+,43-,46-,47+,48-,49-/m0/s1. The Kier molecular flexibility index (Phi) is 18.1. The Morgan fingerprint density at radius 2 is 1.59 bits per heavy atom. The van der Waals surface area contributed by atoms with E-state index in [4.69, 9.17) is 40.0 Å². The number of alkyl halides is 1. The molecule has 13 nitrogen and oxygen atoms in total. The van der Waals surface area contributed by atoms with Crippen molar-refractivity contribution in [1.29, 1.82) is 0 Å². The number of ketones is 1. The van der Waals surface area contributed by atoms with Crippen LogP contribution in [0.1, 0.15) is 159 Å². The Hall–Kier alpha value is -1.84. The van der Waals surface area contributed by atoms with Crippen LogP contribution in [0.2, 0.25) is 0 Å². The lowest BCUT2D eigenvalue weighted by atomic mass is 9.72. The number of nitrogens with one attached hydrogen (secondary N) is 1. The third kappa shape index (κ3) is 11.3. The highest BCUT2D eigenvalue weighted by Crippen LogP contribution is 2.54. The Bertz CT molecular complexity index is 1570. The van der Waals surface area contributed by atoms with Crippen LogP contribution >= 0.6 is 11.6 Å². The fourth-order valence-corrected chi connectivity index (χ4v) is 11.7. The van der Waals surface area contributed by atoms with E-state index in [0.717, 1.165) is 32.1 Å². The monoisotopic (exact) mass is 912 g/mol. The molecule has 0 aromatic heterocycles. The molecule has 1 amide bonds. The van der Waals surface area contributed by atoms with Crippen LogP contribution in [0.3, 0.4) is 0 Å². The number of hydrogen-bond donors (Lipinski definition) is 4. The number of aliphatic carboxylic acids is 1. The molecule has 5 rings (SSSR count). The van der Waals surface area contributed by atoms with Gasteiger partial charge in [0, 0.05) is 36.0 Å². The van der Waals surface area contributed by atoms with Crippen LogP contribution < -0.4 is 5.32 Å². The zero-order valence-electron chi connectivity index (χ0n) is 39.9. The first-order valence-corrected chi connectivity index (χ1v) is 25.0. The number of carbonyl (C=O) groups excluding carboxylic acids is 2. The molecule has 0 saturated carbocycles. The van der Waals surface area contributed by atoms with Crippen molar-refractivity contribution in [3.63, 3.8) is 0 Å². The molecule has 18 atom stereocenters.